The molecule has 0 saturated heterocycles. The van der Waals surface area contributed by atoms with E-state index >= 15 is 0 Å². The van der Waals surface area contributed by atoms with E-state index in [4.69, 9.17) is 4.74 Å². The maximum atomic E-state index is 5.52. The second kappa shape index (κ2) is 2.57. The Morgan fingerprint density at radius 1 is 1.45 bits per heavy atom. The van der Waals surface area contributed by atoms with Gasteiger partial charge >= 0.3 is 0 Å². The second-order valence-corrected chi connectivity index (χ2v) is 3.01. The van der Waals surface area contributed by atoms with Crippen LogP contribution in [0.25, 0.3) is 0 Å². The Kier molecular flexibility index (Phi) is 1.57. The van der Waals surface area contributed by atoms with Crippen LogP contribution in [0.15, 0.2) is 35.1 Å². The highest BCUT2D eigenvalue weighted by molar-refractivity contribution is 5.37. The van der Waals surface area contributed by atoms with Gasteiger partial charge in [0.2, 0.25) is 0 Å². The van der Waals surface area contributed by atoms with E-state index in [1.807, 2.05) is 0 Å². The van der Waals surface area contributed by atoms with Gasteiger partial charge < -0.3 is 4.74 Å². The average molecular weight is 148 g/mol. The first-order chi connectivity index (χ1) is 5.38. The van der Waals surface area contributed by atoms with Gasteiger partial charge in [-0.3, -0.25) is 0 Å². The molecule has 0 fully saturated rings. The van der Waals surface area contributed by atoms with Crippen LogP contribution in [-0.2, 0) is 4.74 Å². The third kappa shape index (κ3) is 1.11. The topological polar surface area (TPSA) is 9.23 Å². The summed E-state index contributed by atoms with van der Waals surface area (Å²) < 4.78 is 5.52. The zero-order valence-corrected chi connectivity index (χ0v) is 6.76. The highest BCUT2D eigenvalue weighted by Crippen LogP contribution is 2.29. The molecular formula is C10H12O. The number of hydrogen-bond donors (Lipinski definition) is 0. The smallest absolute Gasteiger partial charge is 0.121 e. The van der Waals surface area contributed by atoms with E-state index in [2.05, 4.69) is 25.2 Å². The Morgan fingerprint density at radius 3 is 3.27 bits per heavy atom. The number of ether oxygens (including phenoxy) is 1. The molecule has 0 aromatic rings. The minimum Gasteiger partial charge on any atom is -0.493 e. The molecular weight excluding hydrogens is 136 g/mol. The molecule has 0 radical (unpaired) electrons. The molecule has 11 heavy (non-hydrogen) atoms. The Hall–Kier alpha value is -0.980. The minimum absolute atomic E-state index is 0.879. The average Bonchev–Trinajstić information content (AvgIpc) is 2.40. The van der Waals surface area contributed by atoms with Crippen LogP contribution >= 0.6 is 0 Å². The molecule has 0 aromatic heterocycles. The van der Waals surface area contributed by atoms with Crippen molar-refractivity contribution in [3.8, 4) is 0 Å². The Morgan fingerprint density at radius 2 is 2.36 bits per heavy atom. The van der Waals surface area contributed by atoms with Crippen LogP contribution < -0.4 is 0 Å². The summed E-state index contributed by atoms with van der Waals surface area (Å²) in [6, 6.07) is 0. The molecule has 0 N–H and O–H groups in total. The predicted octanol–water partition coefficient (Wildman–Crippen LogP) is 2.57. The van der Waals surface area contributed by atoms with E-state index in [1.165, 1.54) is 11.1 Å². The van der Waals surface area contributed by atoms with Crippen molar-refractivity contribution in [3.05, 3.63) is 35.1 Å². The van der Waals surface area contributed by atoms with Gasteiger partial charge in [-0.1, -0.05) is 18.2 Å². The molecule has 1 aliphatic heterocycles. The van der Waals surface area contributed by atoms with Crippen LogP contribution in [0, 0.1) is 0 Å². The molecule has 58 valence electrons. The first-order valence-corrected chi connectivity index (χ1v) is 4.06. The fourth-order valence-corrected chi connectivity index (χ4v) is 1.58. The molecule has 0 unspecified atom stereocenters. The van der Waals surface area contributed by atoms with Crippen molar-refractivity contribution in [1.82, 2.24) is 0 Å². The molecule has 0 spiro atoms. The predicted molar refractivity (Wildman–Crippen MR) is 45.1 cm³/mol. The van der Waals surface area contributed by atoms with Crippen molar-refractivity contribution < 1.29 is 4.74 Å². The highest BCUT2D eigenvalue weighted by Gasteiger charge is 2.16. The van der Waals surface area contributed by atoms with Crippen LogP contribution in [0.5, 0.6) is 0 Å². The van der Waals surface area contributed by atoms with Crippen molar-refractivity contribution in [3.63, 3.8) is 0 Å². The summed E-state index contributed by atoms with van der Waals surface area (Å²) in [4.78, 5) is 0. The molecule has 1 heteroatoms. The van der Waals surface area contributed by atoms with E-state index < -0.39 is 0 Å². The lowest BCUT2D eigenvalue weighted by Crippen LogP contribution is -1.86. The second-order valence-electron chi connectivity index (χ2n) is 3.01. The van der Waals surface area contributed by atoms with Crippen molar-refractivity contribution >= 4 is 0 Å². The van der Waals surface area contributed by atoms with Crippen molar-refractivity contribution in [2.75, 3.05) is 6.61 Å². The number of hydrogen-bond acceptors (Lipinski definition) is 1. The van der Waals surface area contributed by atoms with Gasteiger partial charge in [0, 0.05) is 6.42 Å². The molecule has 0 saturated carbocycles. The van der Waals surface area contributed by atoms with E-state index in [0.717, 1.165) is 25.2 Å². The summed E-state index contributed by atoms with van der Waals surface area (Å²) in [6.45, 7) is 2.99. The lowest BCUT2D eigenvalue weighted by Gasteiger charge is -2.02. The van der Waals surface area contributed by atoms with Crippen molar-refractivity contribution in [2.45, 2.75) is 19.8 Å². The van der Waals surface area contributed by atoms with Crippen molar-refractivity contribution in [1.29, 1.82) is 0 Å². The molecule has 0 atom stereocenters. The minimum atomic E-state index is 0.879. The molecule has 1 aliphatic carbocycles. The number of allylic oxidation sites excluding steroid dienone is 4. The third-order valence-electron chi connectivity index (χ3n) is 2.18. The normalized spacial score (nSPS) is 22.5. The Balaban J connectivity index is 2.38. The summed E-state index contributed by atoms with van der Waals surface area (Å²) in [5, 5.41) is 0. The third-order valence-corrected chi connectivity index (χ3v) is 2.18. The quantitative estimate of drug-likeness (QED) is 0.513. The fraction of sp³-hybridized carbons (Fsp3) is 0.400. The Bertz CT molecular complexity index is 256. The maximum absolute atomic E-state index is 5.52. The van der Waals surface area contributed by atoms with E-state index in [0.29, 0.717) is 0 Å². The van der Waals surface area contributed by atoms with Gasteiger partial charge in [-0.25, -0.2) is 0 Å². The molecule has 1 heterocycles. The fourth-order valence-electron chi connectivity index (χ4n) is 1.58. The zero-order chi connectivity index (χ0) is 7.68. The van der Waals surface area contributed by atoms with Gasteiger partial charge in [-0.05, 0) is 24.5 Å². The van der Waals surface area contributed by atoms with Gasteiger partial charge in [0.05, 0.1) is 6.61 Å². The summed E-state index contributed by atoms with van der Waals surface area (Å²) >= 11 is 0. The SMILES string of the molecule is CC1=CC=CCC2=C1OCC2. The van der Waals surface area contributed by atoms with Crippen molar-refractivity contribution in [2.24, 2.45) is 0 Å². The molecule has 0 amide bonds. The summed E-state index contributed by atoms with van der Waals surface area (Å²) in [5.41, 5.74) is 2.73. The summed E-state index contributed by atoms with van der Waals surface area (Å²) in [5.74, 6) is 1.15. The first-order valence-electron chi connectivity index (χ1n) is 4.06. The standard InChI is InChI=1S/C10H12O/c1-8-4-2-3-5-9-6-7-11-10(8)9/h2-4H,5-7H2,1H3. The highest BCUT2D eigenvalue weighted by atomic mass is 16.5. The van der Waals surface area contributed by atoms with Crippen LogP contribution in [0.4, 0.5) is 0 Å². The summed E-state index contributed by atoms with van der Waals surface area (Å²) in [6.07, 6.45) is 8.61. The number of rotatable bonds is 0. The monoisotopic (exact) mass is 148 g/mol. The lowest BCUT2D eigenvalue weighted by molar-refractivity contribution is 0.252. The maximum Gasteiger partial charge on any atom is 0.121 e. The molecule has 2 aliphatic rings. The molecule has 1 nitrogen and oxygen atoms in total. The van der Waals surface area contributed by atoms with Crippen LogP contribution in [-0.4, -0.2) is 6.61 Å². The van der Waals surface area contributed by atoms with E-state index in [-0.39, 0.29) is 0 Å². The summed E-state index contributed by atoms with van der Waals surface area (Å²) in [7, 11) is 0. The van der Waals surface area contributed by atoms with Gasteiger partial charge in [-0.15, -0.1) is 0 Å². The van der Waals surface area contributed by atoms with Crippen LogP contribution in [0.3, 0.4) is 0 Å². The molecule has 0 bridgehead atoms. The van der Waals surface area contributed by atoms with Gasteiger partial charge in [0.1, 0.15) is 5.76 Å². The zero-order valence-electron chi connectivity index (χ0n) is 6.76. The van der Waals surface area contributed by atoms with Gasteiger partial charge in [0.25, 0.3) is 0 Å². The van der Waals surface area contributed by atoms with Gasteiger partial charge in [0.15, 0.2) is 0 Å². The van der Waals surface area contributed by atoms with E-state index in [9.17, 15) is 0 Å². The molecule has 2 rings (SSSR count). The van der Waals surface area contributed by atoms with Crippen LogP contribution in [0.2, 0.25) is 0 Å². The lowest BCUT2D eigenvalue weighted by atomic mass is 10.1. The largest absolute Gasteiger partial charge is 0.493 e. The van der Waals surface area contributed by atoms with Crippen LogP contribution in [0.1, 0.15) is 19.8 Å². The Labute approximate surface area is 67.1 Å². The molecule has 0 aromatic carbocycles. The van der Waals surface area contributed by atoms with Gasteiger partial charge in [-0.2, -0.15) is 0 Å². The first kappa shape index (κ1) is 6.71. The van der Waals surface area contributed by atoms with E-state index in [1.54, 1.807) is 0 Å².